The monoisotopic (exact) mass is 300 g/mol. The highest BCUT2D eigenvalue weighted by Gasteiger charge is 2.31. The van der Waals surface area contributed by atoms with Gasteiger partial charge >= 0.3 is 11.9 Å². The Morgan fingerprint density at radius 1 is 1.15 bits per heavy atom. The first-order valence-corrected chi connectivity index (χ1v) is 7.36. The Bertz CT molecular complexity index is 385. The lowest BCUT2D eigenvalue weighted by Crippen LogP contribution is -2.37. The molecule has 1 unspecified atom stereocenters. The number of carbonyl (C=O) groups is 2. The van der Waals surface area contributed by atoms with Gasteiger partial charge < -0.3 is 13.9 Å². The van der Waals surface area contributed by atoms with Crippen molar-refractivity contribution in [3.63, 3.8) is 0 Å². The van der Waals surface area contributed by atoms with Gasteiger partial charge in [-0.2, -0.15) is 0 Å². The van der Waals surface area contributed by atoms with Crippen LogP contribution in [0.3, 0.4) is 0 Å². The van der Waals surface area contributed by atoms with Crippen molar-refractivity contribution in [3.05, 3.63) is 24.3 Å². The van der Waals surface area contributed by atoms with E-state index in [0.717, 1.165) is 0 Å². The van der Waals surface area contributed by atoms with Crippen LogP contribution in [-0.4, -0.2) is 34.8 Å². The summed E-state index contributed by atoms with van der Waals surface area (Å²) >= 11 is 0. The van der Waals surface area contributed by atoms with Crippen LogP contribution < -0.4 is 0 Å². The molecular weight excluding hydrogens is 276 g/mol. The van der Waals surface area contributed by atoms with Gasteiger partial charge in [-0.05, 0) is 20.3 Å². The minimum Gasteiger partial charge on any atom is -0.462 e. The van der Waals surface area contributed by atoms with Crippen molar-refractivity contribution in [2.75, 3.05) is 6.61 Å². The summed E-state index contributed by atoms with van der Waals surface area (Å²) in [5, 5.41) is 0. The molecule has 0 aliphatic carbocycles. The highest BCUT2D eigenvalue weighted by molar-refractivity contribution is 5.98. The molecule has 20 heavy (non-hydrogen) atoms. The maximum absolute atomic E-state index is 11.6. The number of esters is 2. The average Bonchev–Trinajstić information content (AvgIpc) is 2.41. The lowest BCUT2D eigenvalue weighted by atomic mass is 10.1. The van der Waals surface area contributed by atoms with Crippen molar-refractivity contribution in [2.45, 2.75) is 45.8 Å². The van der Waals surface area contributed by atoms with E-state index in [-0.39, 0.29) is 6.61 Å². The number of carbonyl (C=O) groups excluding carboxylic acids is 2. The Morgan fingerprint density at radius 2 is 1.70 bits per heavy atom. The zero-order chi connectivity index (χ0) is 15.8. The predicted octanol–water partition coefficient (Wildman–Crippen LogP) is 1.41. The summed E-state index contributed by atoms with van der Waals surface area (Å²) in [7, 11) is 0.440. The first-order valence-electron chi connectivity index (χ1n) is 6.54. The summed E-state index contributed by atoms with van der Waals surface area (Å²) in [6, 6.07) is 0. The number of ether oxygens (including phenoxy) is 2. The first kappa shape index (κ1) is 18.6. The van der Waals surface area contributed by atoms with Gasteiger partial charge in [0.15, 0.2) is 10.5 Å². The first-order chi connectivity index (χ1) is 9.28. The van der Waals surface area contributed by atoms with E-state index >= 15 is 0 Å². The third-order valence-corrected chi connectivity index (χ3v) is 3.57. The van der Waals surface area contributed by atoms with E-state index in [0.29, 0.717) is 40.9 Å². The fourth-order valence-corrected chi connectivity index (χ4v) is 2.05. The van der Waals surface area contributed by atoms with E-state index in [2.05, 4.69) is 13.2 Å². The van der Waals surface area contributed by atoms with Gasteiger partial charge in [0, 0.05) is 24.0 Å². The molecule has 0 aromatic rings. The van der Waals surface area contributed by atoms with Gasteiger partial charge in [0.25, 0.3) is 0 Å². The molecule has 1 atom stereocenters. The van der Waals surface area contributed by atoms with Crippen molar-refractivity contribution in [1.82, 2.24) is 0 Å². The predicted molar refractivity (Wildman–Crippen MR) is 80.0 cm³/mol. The SMILES string of the molecule is C=C(C)C(=O)OCCCC(CC)(O[SiH3])OC(=O)C(=C)C. The molecule has 0 radical (unpaired) electrons. The molecule has 0 aromatic heterocycles. The normalized spacial score (nSPS) is 13.3. The summed E-state index contributed by atoms with van der Waals surface area (Å²) < 4.78 is 15.8. The smallest absolute Gasteiger partial charge is 0.335 e. The summed E-state index contributed by atoms with van der Waals surface area (Å²) in [4.78, 5) is 22.9. The van der Waals surface area contributed by atoms with Crippen molar-refractivity contribution >= 4 is 22.4 Å². The van der Waals surface area contributed by atoms with Crippen molar-refractivity contribution in [3.8, 4) is 0 Å². The van der Waals surface area contributed by atoms with Gasteiger partial charge in [0.05, 0.1) is 6.61 Å². The minimum atomic E-state index is -0.947. The van der Waals surface area contributed by atoms with Crippen LogP contribution in [0.15, 0.2) is 24.3 Å². The van der Waals surface area contributed by atoms with Gasteiger partial charge in [-0.3, -0.25) is 0 Å². The summed E-state index contributed by atoms with van der Waals surface area (Å²) in [5.74, 6) is -1.84. The van der Waals surface area contributed by atoms with Gasteiger partial charge in [-0.25, -0.2) is 9.59 Å². The molecule has 0 saturated heterocycles. The Hall–Kier alpha value is -1.40. The van der Waals surface area contributed by atoms with Crippen LogP contribution in [0.2, 0.25) is 0 Å². The Labute approximate surface area is 123 Å². The molecule has 0 spiro atoms. The molecule has 0 heterocycles. The fraction of sp³-hybridized carbons (Fsp3) is 0.571. The highest BCUT2D eigenvalue weighted by Crippen LogP contribution is 2.24. The molecule has 0 amide bonds. The molecule has 6 heteroatoms. The molecule has 5 nitrogen and oxygen atoms in total. The van der Waals surface area contributed by atoms with Gasteiger partial charge in [-0.1, -0.05) is 20.1 Å². The van der Waals surface area contributed by atoms with Crippen LogP contribution in [0, 0.1) is 0 Å². The topological polar surface area (TPSA) is 61.8 Å². The van der Waals surface area contributed by atoms with Crippen LogP contribution in [0.4, 0.5) is 0 Å². The molecule has 0 aliphatic heterocycles. The molecule has 114 valence electrons. The molecule has 0 aliphatic rings. The number of rotatable bonds is 9. The second-order valence-corrected chi connectivity index (χ2v) is 5.07. The van der Waals surface area contributed by atoms with Crippen molar-refractivity contribution < 1.29 is 23.5 Å². The summed E-state index contributed by atoms with van der Waals surface area (Å²) in [5.41, 5.74) is 0.690. The lowest BCUT2D eigenvalue weighted by molar-refractivity contribution is -0.198. The maximum Gasteiger partial charge on any atom is 0.335 e. The lowest BCUT2D eigenvalue weighted by Gasteiger charge is -2.31. The van der Waals surface area contributed by atoms with Crippen LogP contribution in [0.1, 0.15) is 40.0 Å². The van der Waals surface area contributed by atoms with Crippen LogP contribution >= 0.6 is 0 Å². The largest absolute Gasteiger partial charge is 0.462 e. The van der Waals surface area contributed by atoms with Gasteiger partial charge in [-0.15, -0.1) is 0 Å². The minimum absolute atomic E-state index is 0.239. The van der Waals surface area contributed by atoms with Crippen LogP contribution in [0.25, 0.3) is 0 Å². The average molecular weight is 300 g/mol. The van der Waals surface area contributed by atoms with E-state index < -0.39 is 17.7 Å². The maximum atomic E-state index is 11.6. The second kappa shape index (κ2) is 8.71. The second-order valence-electron chi connectivity index (χ2n) is 4.66. The van der Waals surface area contributed by atoms with E-state index in [1.165, 1.54) is 0 Å². The molecule has 0 rings (SSSR count). The van der Waals surface area contributed by atoms with Gasteiger partial charge in [0.2, 0.25) is 5.79 Å². The molecular formula is C14H24O5Si. The van der Waals surface area contributed by atoms with E-state index in [1.54, 1.807) is 13.8 Å². The number of hydrogen-bond acceptors (Lipinski definition) is 5. The van der Waals surface area contributed by atoms with Crippen LogP contribution in [-0.2, 0) is 23.5 Å². The van der Waals surface area contributed by atoms with E-state index in [1.807, 2.05) is 6.92 Å². The zero-order valence-electron chi connectivity index (χ0n) is 12.8. The van der Waals surface area contributed by atoms with E-state index in [9.17, 15) is 9.59 Å². The zero-order valence-corrected chi connectivity index (χ0v) is 14.8. The standard InChI is InChI=1S/C14H24O5Si/c1-6-14(19-20,18-13(16)11(4)5)8-7-9-17-12(15)10(2)3/h2,4,6-9H2,1,3,5,20H3. The molecule has 0 N–H and O–H groups in total. The Kier molecular flexibility index (Phi) is 8.09. The fourth-order valence-electron chi connectivity index (χ4n) is 1.47. The Balaban J connectivity index is 4.40. The molecule has 0 bridgehead atoms. The molecule has 0 fully saturated rings. The van der Waals surface area contributed by atoms with Gasteiger partial charge in [0.1, 0.15) is 0 Å². The third-order valence-electron chi connectivity index (χ3n) is 2.82. The quantitative estimate of drug-likeness (QED) is 0.212. The number of hydrogen-bond donors (Lipinski definition) is 0. The van der Waals surface area contributed by atoms with Crippen molar-refractivity contribution in [1.29, 1.82) is 0 Å². The van der Waals surface area contributed by atoms with Crippen LogP contribution in [0.5, 0.6) is 0 Å². The van der Waals surface area contributed by atoms with Crippen molar-refractivity contribution in [2.24, 2.45) is 0 Å². The summed E-state index contributed by atoms with van der Waals surface area (Å²) in [6.45, 7) is 12.3. The molecule has 0 aromatic carbocycles. The summed E-state index contributed by atoms with van der Waals surface area (Å²) in [6.07, 6.45) is 1.54. The highest BCUT2D eigenvalue weighted by atomic mass is 28.2. The Morgan fingerprint density at radius 3 is 2.10 bits per heavy atom. The van der Waals surface area contributed by atoms with E-state index in [4.69, 9.17) is 13.9 Å². The third kappa shape index (κ3) is 6.16. The molecule has 0 saturated carbocycles.